The number of rotatable bonds is 3. The quantitative estimate of drug-likeness (QED) is 0.922. The number of hydrogen-bond acceptors (Lipinski definition) is 2. The summed E-state index contributed by atoms with van der Waals surface area (Å²) < 4.78 is 5.69. The van der Waals surface area contributed by atoms with Gasteiger partial charge in [-0.05, 0) is 53.8 Å². The Kier molecular flexibility index (Phi) is 3.92. The zero-order valence-corrected chi connectivity index (χ0v) is 13.1. The number of aliphatic hydroxyl groups excluding tert-OH is 1. The van der Waals surface area contributed by atoms with Crippen LogP contribution in [0.2, 0.25) is 5.02 Å². The summed E-state index contributed by atoms with van der Waals surface area (Å²) >= 11 is 6.17. The molecule has 0 radical (unpaired) electrons. The number of halogens is 1. The molecule has 1 aliphatic rings. The van der Waals surface area contributed by atoms with E-state index in [-0.39, 0.29) is 0 Å². The second kappa shape index (κ2) is 5.70. The van der Waals surface area contributed by atoms with Gasteiger partial charge in [0.2, 0.25) is 0 Å². The number of aryl methyl sites for hydroxylation is 2. The first-order valence-corrected chi connectivity index (χ1v) is 7.61. The van der Waals surface area contributed by atoms with Gasteiger partial charge in [0, 0.05) is 17.9 Å². The van der Waals surface area contributed by atoms with Crippen LogP contribution in [0.1, 0.15) is 33.9 Å². The molecular weight excluding hydrogens is 284 g/mol. The summed E-state index contributed by atoms with van der Waals surface area (Å²) in [5.74, 6) is 0.905. The van der Waals surface area contributed by atoms with Crippen LogP contribution in [-0.4, -0.2) is 11.7 Å². The van der Waals surface area contributed by atoms with Crippen LogP contribution in [0.25, 0.3) is 0 Å². The molecule has 0 spiro atoms. The summed E-state index contributed by atoms with van der Waals surface area (Å²) in [6.45, 7) is 4.83. The highest BCUT2D eigenvalue weighted by atomic mass is 35.5. The number of aliphatic hydroxyl groups is 1. The predicted molar refractivity (Wildman–Crippen MR) is 85.2 cm³/mol. The fourth-order valence-electron chi connectivity index (χ4n) is 2.80. The SMILES string of the molecule is Cc1ccc(C(O)Cc2cc(Cl)cc3c2OCC3)cc1C. The van der Waals surface area contributed by atoms with E-state index in [4.69, 9.17) is 16.3 Å². The van der Waals surface area contributed by atoms with Gasteiger partial charge in [-0.15, -0.1) is 0 Å². The molecule has 0 saturated heterocycles. The molecule has 2 aromatic rings. The molecule has 2 nitrogen and oxygen atoms in total. The normalized spacial score (nSPS) is 14.7. The second-order valence-electron chi connectivity index (χ2n) is 5.72. The van der Waals surface area contributed by atoms with Crippen molar-refractivity contribution in [3.63, 3.8) is 0 Å². The van der Waals surface area contributed by atoms with E-state index in [1.807, 2.05) is 30.3 Å². The van der Waals surface area contributed by atoms with Crippen molar-refractivity contribution in [1.29, 1.82) is 0 Å². The van der Waals surface area contributed by atoms with Crippen molar-refractivity contribution in [3.05, 3.63) is 63.2 Å². The fourth-order valence-corrected chi connectivity index (χ4v) is 3.06. The molecule has 0 amide bonds. The number of fused-ring (bicyclic) bond motifs is 1. The molecule has 3 rings (SSSR count). The topological polar surface area (TPSA) is 29.5 Å². The van der Waals surface area contributed by atoms with Crippen LogP contribution < -0.4 is 4.74 Å². The highest BCUT2D eigenvalue weighted by Gasteiger charge is 2.20. The molecule has 21 heavy (non-hydrogen) atoms. The third-order valence-electron chi connectivity index (χ3n) is 4.15. The van der Waals surface area contributed by atoms with E-state index in [2.05, 4.69) is 13.8 Å². The lowest BCUT2D eigenvalue weighted by molar-refractivity contribution is 0.177. The van der Waals surface area contributed by atoms with Crippen molar-refractivity contribution in [2.24, 2.45) is 0 Å². The summed E-state index contributed by atoms with van der Waals surface area (Å²) in [6, 6.07) is 9.93. The van der Waals surface area contributed by atoms with Crippen LogP contribution in [0.15, 0.2) is 30.3 Å². The minimum Gasteiger partial charge on any atom is -0.493 e. The largest absolute Gasteiger partial charge is 0.493 e. The van der Waals surface area contributed by atoms with Crippen LogP contribution in [0.3, 0.4) is 0 Å². The van der Waals surface area contributed by atoms with Gasteiger partial charge in [-0.1, -0.05) is 29.8 Å². The summed E-state index contributed by atoms with van der Waals surface area (Å²) in [4.78, 5) is 0. The first-order chi connectivity index (χ1) is 10.0. The predicted octanol–water partition coefficient (Wildman–Crippen LogP) is 4.17. The van der Waals surface area contributed by atoms with E-state index in [1.165, 1.54) is 11.1 Å². The average molecular weight is 303 g/mol. The molecule has 0 aliphatic carbocycles. The first kappa shape index (κ1) is 14.4. The molecule has 1 aliphatic heterocycles. The lowest BCUT2D eigenvalue weighted by Gasteiger charge is -2.15. The lowest BCUT2D eigenvalue weighted by Crippen LogP contribution is -2.04. The first-order valence-electron chi connectivity index (χ1n) is 7.24. The van der Waals surface area contributed by atoms with Gasteiger partial charge in [-0.2, -0.15) is 0 Å². The number of benzene rings is 2. The van der Waals surface area contributed by atoms with Gasteiger partial charge in [0.15, 0.2) is 0 Å². The lowest BCUT2D eigenvalue weighted by atomic mass is 9.96. The summed E-state index contributed by atoms with van der Waals surface area (Å²) in [5.41, 5.74) is 5.49. The monoisotopic (exact) mass is 302 g/mol. The molecule has 3 heteroatoms. The molecule has 0 fully saturated rings. The second-order valence-corrected chi connectivity index (χ2v) is 6.15. The smallest absolute Gasteiger partial charge is 0.126 e. The molecule has 0 bridgehead atoms. The highest BCUT2D eigenvalue weighted by Crippen LogP contribution is 2.35. The van der Waals surface area contributed by atoms with Gasteiger partial charge in [0.1, 0.15) is 5.75 Å². The Labute approximate surface area is 130 Å². The third-order valence-corrected chi connectivity index (χ3v) is 4.37. The van der Waals surface area contributed by atoms with E-state index in [0.717, 1.165) is 28.9 Å². The summed E-state index contributed by atoms with van der Waals surface area (Å²) in [6.07, 6.45) is 0.865. The van der Waals surface area contributed by atoms with E-state index in [1.54, 1.807) is 0 Å². The third kappa shape index (κ3) is 2.92. The summed E-state index contributed by atoms with van der Waals surface area (Å²) in [5, 5.41) is 11.2. The highest BCUT2D eigenvalue weighted by molar-refractivity contribution is 6.30. The molecule has 1 unspecified atom stereocenters. The number of ether oxygens (including phenoxy) is 1. The van der Waals surface area contributed by atoms with E-state index >= 15 is 0 Å². The molecule has 1 heterocycles. The van der Waals surface area contributed by atoms with Gasteiger partial charge >= 0.3 is 0 Å². The zero-order chi connectivity index (χ0) is 15.0. The molecule has 0 saturated carbocycles. The van der Waals surface area contributed by atoms with E-state index in [9.17, 15) is 5.11 Å². The van der Waals surface area contributed by atoms with Gasteiger partial charge < -0.3 is 9.84 Å². The van der Waals surface area contributed by atoms with Gasteiger partial charge in [0.05, 0.1) is 12.7 Å². The minimum atomic E-state index is -0.545. The standard InChI is InChI=1S/C18H19ClO2/c1-11-3-4-13(7-12(11)2)17(20)10-15-9-16(19)8-14-5-6-21-18(14)15/h3-4,7-9,17,20H,5-6,10H2,1-2H3. The Hall–Kier alpha value is -1.51. The average Bonchev–Trinajstić information content (AvgIpc) is 2.90. The van der Waals surface area contributed by atoms with Crippen molar-refractivity contribution in [2.75, 3.05) is 6.61 Å². The van der Waals surface area contributed by atoms with E-state index in [0.29, 0.717) is 18.1 Å². The maximum absolute atomic E-state index is 10.5. The van der Waals surface area contributed by atoms with Crippen LogP contribution >= 0.6 is 11.6 Å². The Bertz CT molecular complexity index is 679. The van der Waals surface area contributed by atoms with Gasteiger partial charge in [-0.3, -0.25) is 0 Å². The van der Waals surface area contributed by atoms with Crippen LogP contribution in [-0.2, 0) is 12.8 Å². The zero-order valence-electron chi connectivity index (χ0n) is 12.3. The molecule has 1 atom stereocenters. The maximum atomic E-state index is 10.5. The van der Waals surface area contributed by atoms with Crippen molar-refractivity contribution in [2.45, 2.75) is 32.8 Å². The van der Waals surface area contributed by atoms with Crippen molar-refractivity contribution in [3.8, 4) is 5.75 Å². The summed E-state index contributed by atoms with van der Waals surface area (Å²) in [7, 11) is 0. The maximum Gasteiger partial charge on any atom is 0.126 e. The van der Waals surface area contributed by atoms with E-state index < -0.39 is 6.10 Å². The van der Waals surface area contributed by atoms with Gasteiger partial charge in [-0.25, -0.2) is 0 Å². The van der Waals surface area contributed by atoms with Crippen LogP contribution in [0.4, 0.5) is 0 Å². The molecule has 0 aromatic heterocycles. The Morgan fingerprint density at radius 2 is 2.00 bits per heavy atom. The van der Waals surface area contributed by atoms with Crippen LogP contribution in [0.5, 0.6) is 5.75 Å². The van der Waals surface area contributed by atoms with Crippen molar-refractivity contribution >= 4 is 11.6 Å². The van der Waals surface area contributed by atoms with Crippen LogP contribution in [0, 0.1) is 13.8 Å². The molecule has 110 valence electrons. The number of hydrogen-bond donors (Lipinski definition) is 1. The molecule has 1 N–H and O–H groups in total. The fraction of sp³-hybridized carbons (Fsp3) is 0.333. The van der Waals surface area contributed by atoms with Crippen molar-refractivity contribution < 1.29 is 9.84 Å². The Morgan fingerprint density at radius 3 is 2.76 bits per heavy atom. The van der Waals surface area contributed by atoms with Gasteiger partial charge in [0.25, 0.3) is 0 Å². The molecular formula is C18H19ClO2. The minimum absolute atomic E-state index is 0.519. The Balaban J connectivity index is 1.88. The van der Waals surface area contributed by atoms with Crippen molar-refractivity contribution in [1.82, 2.24) is 0 Å². The molecule has 2 aromatic carbocycles. The Morgan fingerprint density at radius 1 is 1.19 bits per heavy atom.